The number of piperidine rings is 1. The number of ether oxygens (including phenoxy) is 4. The number of amides is 2. The summed E-state index contributed by atoms with van der Waals surface area (Å²) in [6, 6.07) is 5.87. The summed E-state index contributed by atoms with van der Waals surface area (Å²) in [5.41, 5.74) is 1.79. The number of rotatable bonds is 14. The summed E-state index contributed by atoms with van der Waals surface area (Å²) in [6.45, 7) is 16.9. The largest absolute Gasteiger partial charge is 0.490 e. The van der Waals surface area contributed by atoms with Crippen LogP contribution in [0, 0.1) is 5.82 Å². The number of nitrogens with zero attached hydrogens (tertiary/aromatic N) is 7. The summed E-state index contributed by atoms with van der Waals surface area (Å²) in [5.74, 6) is 1.29. The van der Waals surface area contributed by atoms with Crippen molar-refractivity contribution >= 4 is 17.8 Å². The predicted molar refractivity (Wildman–Crippen MR) is 199 cm³/mol. The third kappa shape index (κ3) is 10.8. The molecule has 1 fully saturated rings. The van der Waals surface area contributed by atoms with Gasteiger partial charge in [0.1, 0.15) is 35.3 Å². The summed E-state index contributed by atoms with van der Waals surface area (Å²) in [6.07, 6.45) is 6.87. The van der Waals surface area contributed by atoms with Gasteiger partial charge in [-0.2, -0.15) is 0 Å². The number of aromatic nitrogens is 3. The predicted octanol–water partition coefficient (Wildman–Crippen LogP) is 5.96. The first-order valence-electron chi connectivity index (χ1n) is 18.5. The molecule has 0 unspecified atom stereocenters. The minimum Gasteiger partial charge on any atom is -0.490 e. The molecule has 5 rings (SSSR count). The molecule has 0 N–H and O–H groups in total. The molecule has 3 aromatic rings. The molecule has 0 atom stereocenters. The second kappa shape index (κ2) is 18.0. The van der Waals surface area contributed by atoms with E-state index in [1.807, 2.05) is 53.8 Å². The molecule has 0 radical (unpaired) electrons. The fourth-order valence-electron chi connectivity index (χ4n) is 6.46. The second-order valence-corrected chi connectivity index (χ2v) is 14.7. The standard InChI is InChI=1S/C39H54FN7O6/c1-8-47(27(2)3)37(48)30-23-28(40)9-10-33(30)52-35-24-41-26-43-36(35)46-17-12-29(13-18-46)51-34-11-15-42-32-14-16-45(25-31(32)34)20-22-50-21-19-44(7)38(49)53-39(4,5)6/h9-11,15,23-24,26-27,29H,8,12-14,16-22,25H2,1-7H3. The van der Waals surface area contributed by atoms with Crippen LogP contribution in [0.15, 0.2) is 43.0 Å². The molecule has 2 aliphatic rings. The minimum atomic E-state index is -0.532. The first-order chi connectivity index (χ1) is 25.3. The molecule has 53 heavy (non-hydrogen) atoms. The van der Waals surface area contributed by atoms with Crippen molar-refractivity contribution in [1.82, 2.24) is 29.7 Å². The number of benzene rings is 1. The summed E-state index contributed by atoms with van der Waals surface area (Å²) in [4.78, 5) is 46.6. The van der Waals surface area contributed by atoms with Gasteiger partial charge < -0.3 is 33.6 Å². The third-order valence-electron chi connectivity index (χ3n) is 9.29. The Morgan fingerprint density at radius 1 is 1.04 bits per heavy atom. The second-order valence-electron chi connectivity index (χ2n) is 14.7. The molecule has 1 aromatic carbocycles. The maximum atomic E-state index is 14.3. The zero-order chi connectivity index (χ0) is 38.1. The van der Waals surface area contributed by atoms with Gasteiger partial charge >= 0.3 is 6.09 Å². The summed E-state index contributed by atoms with van der Waals surface area (Å²) in [7, 11) is 1.71. The zero-order valence-electron chi connectivity index (χ0n) is 32.1. The molecular weight excluding hydrogens is 681 g/mol. The summed E-state index contributed by atoms with van der Waals surface area (Å²) < 4.78 is 38.5. The van der Waals surface area contributed by atoms with Crippen molar-refractivity contribution in [1.29, 1.82) is 0 Å². The highest BCUT2D eigenvalue weighted by Crippen LogP contribution is 2.35. The Bertz CT molecular complexity index is 1690. The number of carbonyl (C=O) groups excluding carboxylic acids is 2. The van der Waals surface area contributed by atoms with Crippen molar-refractivity contribution in [2.75, 3.05) is 64.4 Å². The quantitative estimate of drug-likeness (QED) is 0.182. The Balaban J connectivity index is 1.15. The minimum absolute atomic E-state index is 0.00186. The monoisotopic (exact) mass is 735 g/mol. The highest BCUT2D eigenvalue weighted by atomic mass is 19.1. The number of hydrogen-bond acceptors (Lipinski definition) is 11. The molecule has 0 aliphatic carbocycles. The van der Waals surface area contributed by atoms with Crippen LogP contribution in [0.5, 0.6) is 17.2 Å². The normalized spacial score (nSPS) is 15.2. The van der Waals surface area contributed by atoms with Gasteiger partial charge in [0.05, 0.1) is 25.0 Å². The van der Waals surface area contributed by atoms with Crippen molar-refractivity contribution < 1.29 is 32.9 Å². The molecular formula is C39H54FN7O6. The van der Waals surface area contributed by atoms with E-state index in [0.29, 0.717) is 51.0 Å². The first kappa shape index (κ1) is 39.6. The van der Waals surface area contributed by atoms with E-state index in [-0.39, 0.29) is 35.5 Å². The molecule has 0 saturated carbocycles. The molecule has 0 bridgehead atoms. The molecule has 2 aromatic heterocycles. The van der Waals surface area contributed by atoms with E-state index in [4.69, 9.17) is 18.9 Å². The van der Waals surface area contributed by atoms with E-state index in [0.717, 1.165) is 55.9 Å². The van der Waals surface area contributed by atoms with Gasteiger partial charge in [-0.25, -0.2) is 19.2 Å². The Labute approximate surface area is 312 Å². The molecule has 0 spiro atoms. The Kier molecular flexibility index (Phi) is 13.4. The number of fused-ring (bicyclic) bond motifs is 1. The maximum Gasteiger partial charge on any atom is 0.410 e. The van der Waals surface area contributed by atoms with Gasteiger partial charge in [-0.1, -0.05) is 0 Å². The average Bonchev–Trinajstić information content (AvgIpc) is 3.12. The number of pyridine rings is 1. The van der Waals surface area contributed by atoms with Crippen molar-refractivity contribution in [3.63, 3.8) is 0 Å². The van der Waals surface area contributed by atoms with Gasteiger partial charge in [-0.15, -0.1) is 0 Å². The topological polar surface area (TPSA) is 123 Å². The van der Waals surface area contributed by atoms with Crippen molar-refractivity contribution in [2.24, 2.45) is 0 Å². The molecule has 288 valence electrons. The van der Waals surface area contributed by atoms with E-state index < -0.39 is 11.4 Å². The number of anilines is 1. The highest BCUT2D eigenvalue weighted by molar-refractivity contribution is 5.97. The van der Waals surface area contributed by atoms with Crippen LogP contribution >= 0.6 is 0 Å². The lowest BCUT2D eigenvalue weighted by Gasteiger charge is -2.35. The first-order valence-corrected chi connectivity index (χ1v) is 18.5. The average molecular weight is 736 g/mol. The van der Waals surface area contributed by atoms with Crippen molar-refractivity contribution in [3.8, 4) is 17.2 Å². The molecule has 2 amide bonds. The number of halogens is 1. The van der Waals surface area contributed by atoms with Gasteiger partial charge in [0, 0.05) is 95.6 Å². The summed E-state index contributed by atoms with van der Waals surface area (Å²) in [5, 5.41) is 0. The lowest BCUT2D eigenvalue weighted by molar-refractivity contribution is 0.0217. The number of hydrogen-bond donors (Lipinski definition) is 0. The van der Waals surface area contributed by atoms with Crippen LogP contribution < -0.4 is 14.4 Å². The van der Waals surface area contributed by atoms with E-state index >= 15 is 0 Å². The molecule has 1 saturated heterocycles. The zero-order valence-corrected chi connectivity index (χ0v) is 32.1. The Hall–Kier alpha value is -4.56. The molecule has 2 aliphatic heterocycles. The highest BCUT2D eigenvalue weighted by Gasteiger charge is 2.28. The van der Waals surface area contributed by atoms with Crippen LogP contribution in [-0.4, -0.2) is 119 Å². The van der Waals surface area contributed by atoms with E-state index in [1.165, 1.54) is 29.4 Å². The SMILES string of the molecule is CCN(C(=O)c1cc(F)ccc1Oc1cncnc1N1CCC(Oc2ccnc3c2CN(CCOCCN(C)C(=O)OC(C)(C)C)CC3)CC1)C(C)C. The van der Waals surface area contributed by atoms with Gasteiger partial charge in [0.15, 0.2) is 11.6 Å². The van der Waals surface area contributed by atoms with Gasteiger partial charge in [-0.3, -0.25) is 14.7 Å². The fourth-order valence-corrected chi connectivity index (χ4v) is 6.46. The van der Waals surface area contributed by atoms with E-state index in [9.17, 15) is 14.0 Å². The number of carbonyl (C=O) groups is 2. The van der Waals surface area contributed by atoms with E-state index in [1.54, 1.807) is 18.1 Å². The molecule has 13 nitrogen and oxygen atoms in total. The fraction of sp³-hybridized carbons (Fsp3) is 0.564. The van der Waals surface area contributed by atoms with Crippen LogP contribution in [0.25, 0.3) is 0 Å². The lowest BCUT2D eigenvalue weighted by atomic mass is 10.0. The van der Waals surface area contributed by atoms with Crippen LogP contribution in [0.2, 0.25) is 0 Å². The number of likely N-dealkylation sites (N-methyl/N-ethyl adjacent to an activating group) is 1. The van der Waals surface area contributed by atoms with Crippen LogP contribution in [-0.2, 0) is 22.4 Å². The Morgan fingerprint density at radius 3 is 2.53 bits per heavy atom. The summed E-state index contributed by atoms with van der Waals surface area (Å²) >= 11 is 0. The lowest BCUT2D eigenvalue weighted by Crippen LogP contribution is -2.39. The van der Waals surface area contributed by atoms with Crippen molar-refractivity contribution in [2.45, 2.75) is 85.1 Å². The third-order valence-corrected chi connectivity index (χ3v) is 9.29. The van der Waals surface area contributed by atoms with E-state index in [2.05, 4.69) is 24.8 Å². The van der Waals surface area contributed by atoms with Gasteiger partial charge in [0.2, 0.25) is 0 Å². The maximum absolute atomic E-state index is 14.3. The van der Waals surface area contributed by atoms with Crippen molar-refractivity contribution in [3.05, 3.63) is 65.6 Å². The van der Waals surface area contributed by atoms with Crippen LogP contribution in [0.1, 0.15) is 76.0 Å². The van der Waals surface area contributed by atoms with Crippen LogP contribution in [0.3, 0.4) is 0 Å². The molecule has 14 heteroatoms. The van der Waals surface area contributed by atoms with Gasteiger partial charge in [0.25, 0.3) is 5.91 Å². The Morgan fingerprint density at radius 2 is 1.81 bits per heavy atom. The van der Waals surface area contributed by atoms with Crippen LogP contribution in [0.4, 0.5) is 15.0 Å². The smallest absolute Gasteiger partial charge is 0.410 e. The molecule has 4 heterocycles. The van der Waals surface area contributed by atoms with Gasteiger partial charge in [-0.05, 0) is 65.8 Å².